The predicted octanol–water partition coefficient (Wildman–Crippen LogP) is 1.52. The largest absolute Gasteiger partial charge is 0.504 e. The second-order valence-electron chi connectivity index (χ2n) is 3.36. The van der Waals surface area contributed by atoms with Crippen LogP contribution in [0.4, 0.5) is 0 Å². The molecule has 0 aromatic heterocycles. The van der Waals surface area contributed by atoms with Crippen molar-refractivity contribution in [2.75, 3.05) is 6.54 Å². The number of phenolic OH excluding ortho intramolecular Hbond substituents is 2. The molecule has 2 rings (SSSR count). The summed E-state index contributed by atoms with van der Waals surface area (Å²) in [5, 5.41) is 22.1. The lowest BCUT2D eigenvalue weighted by Gasteiger charge is -2.12. The monoisotopic (exact) mass is 179 g/mol. The lowest BCUT2D eigenvalue weighted by atomic mass is 10.0. The van der Waals surface area contributed by atoms with Crippen molar-refractivity contribution in [3.05, 3.63) is 23.8 Å². The van der Waals surface area contributed by atoms with Crippen LogP contribution in [-0.2, 0) is 0 Å². The highest BCUT2D eigenvalue weighted by molar-refractivity contribution is 5.46. The van der Waals surface area contributed by atoms with Crippen LogP contribution >= 0.6 is 0 Å². The Balaban J connectivity index is 2.33. The fourth-order valence-electron chi connectivity index (χ4n) is 1.78. The van der Waals surface area contributed by atoms with Gasteiger partial charge < -0.3 is 15.5 Å². The summed E-state index contributed by atoms with van der Waals surface area (Å²) in [5.41, 5.74) is 0.803. The predicted molar refractivity (Wildman–Crippen MR) is 49.7 cm³/mol. The van der Waals surface area contributed by atoms with Gasteiger partial charge in [-0.1, -0.05) is 12.1 Å². The highest BCUT2D eigenvalue weighted by Gasteiger charge is 2.20. The lowest BCUT2D eigenvalue weighted by molar-refractivity contribution is 0.394. The highest BCUT2D eigenvalue weighted by atomic mass is 16.3. The van der Waals surface area contributed by atoms with Crippen LogP contribution in [0.25, 0.3) is 0 Å². The number of nitrogens with one attached hydrogen (secondary N) is 1. The van der Waals surface area contributed by atoms with Crippen LogP contribution in [0.5, 0.6) is 11.5 Å². The zero-order valence-electron chi connectivity index (χ0n) is 7.33. The van der Waals surface area contributed by atoms with Gasteiger partial charge in [-0.25, -0.2) is 0 Å². The molecule has 0 saturated carbocycles. The maximum absolute atomic E-state index is 9.57. The lowest BCUT2D eigenvalue weighted by Crippen LogP contribution is -2.12. The Kier molecular flexibility index (Phi) is 2.10. The molecular weight excluding hydrogens is 166 g/mol. The van der Waals surface area contributed by atoms with Gasteiger partial charge in [-0.05, 0) is 25.5 Å². The summed E-state index contributed by atoms with van der Waals surface area (Å²) in [7, 11) is 0. The first-order valence-corrected chi connectivity index (χ1v) is 4.53. The Morgan fingerprint density at radius 3 is 2.85 bits per heavy atom. The van der Waals surface area contributed by atoms with Crippen molar-refractivity contribution < 1.29 is 10.2 Å². The Bertz CT molecular complexity index is 306. The second kappa shape index (κ2) is 3.26. The van der Waals surface area contributed by atoms with Gasteiger partial charge in [0, 0.05) is 11.6 Å². The van der Waals surface area contributed by atoms with E-state index in [0.717, 1.165) is 24.9 Å². The molecule has 3 nitrogen and oxygen atoms in total. The third kappa shape index (κ3) is 1.47. The molecule has 1 fully saturated rings. The molecule has 1 heterocycles. The van der Waals surface area contributed by atoms with Gasteiger partial charge in [0.2, 0.25) is 0 Å². The normalized spacial score (nSPS) is 22.0. The van der Waals surface area contributed by atoms with E-state index >= 15 is 0 Å². The Hall–Kier alpha value is -1.22. The smallest absolute Gasteiger partial charge is 0.162 e. The minimum Gasteiger partial charge on any atom is -0.504 e. The van der Waals surface area contributed by atoms with Crippen molar-refractivity contribution in [2.24, 2.45) is 0 Å². The molecule has 0 spiro atoms. The summed E-state index contributed by atoms with van der Waals surface area (Å²) in [6, 6.07) is 5.29. The third-order valence-electron chi connectivity index (χ3n) is 2.48. The fourth-order valence-corrected chi connectivity index (χ4v) is 1.78. The van der Waals surface area contributed by atoms with Crippen molar-refractivity contribution in [2.45, 2.75) is 18.9 Å². The van der Waals surface area contributed by atoms with E-state index in [4.69, 9.17) is 0 Å². The molecule has 3 heteroatoms. The number of benzene rings is 1. The van der Waals surface area contributed by atoms with Gasteiger partial charge in [0.05, 0.1) is 0 Å². The molecule has 13 heavy (non-hydrogen) atoms. The number of para-hydroxylation sites is 1. The van der Waals surface area contributed by atoms with Crippen LogP contribution in [-0.4, -0.2) is 16.8 Å². The van der Waals surface area contributed by atoms with E-state index in [2.05, 4.69) is 5.32 Å². The van der Waals surface area contributed by atoms with Crippen molar-refractivity contribution in [3.8, 4) is 11.5 Å². The fraction of sp³-hybridized carbons (Fsp3) is 0.400. The average molecular weight is 179 g/mol. The molecule has 0 aliphatic carbocycles. The van der Waals surface area contributed by atoms with Crippen LogP contribution in [0, 0.1) is 0 Å². The SMILES string of the molecule is Oc1cccc([C@@H]2CCCN2)c1O. The topological polar surface area (TPSA) is 52.5 Å². The second-order valence-corrected chi connectivity index (χ2v) is 3.36. The van der Waals surface area contributed by atoms with E-state index in [1.807, 2.05) is 6.07 Å². The van der Waals surface area contributed by atoms with Gasteiger partial charge in [0.1, 0.15) is 0 Å². The van der Waals surface area contributed by atoms with Crippen molar-refractivity contribution in [1.29, 1.82) is 0 Å². The molecule has 0 amide bonds. The molecule has 0 unspecified atom stereocenters. The molecule has 0 bridgehead atoms. The zero-order valence-corrected chi connectivity index (χ0v) is 7.33. The first kappa shape index (κ1) is 8.38. The summed E-state index contributed by atoms with van der Waals surface area (Å²) < 4.78 is 0. The van der Waals surface area contributed by atoms with Gasteiger partial charge in [0.25, 0.3) is 0 Å². The van der Waals surface area contributed by atoms with E-state index in [9.17, 15) is 10.2 Å². The van der Waals surface area contributed by atoms with E-state index < -0.39 is 0 Å². The number of hydrogen-bond donors (Lipinski definition) is 3. The molecule has 1 aromatic carbocycles. The quantitative estimate of drug-likeness (QED) is 0.573. The molecule has 1 aliphatic heterocycles. The number of aromatic hydroxyl groups is 2. The van der Waals surface area contributed by atoms with Crippen LogP contribution in [0.15, 0.2) is 18.2 Å². The van der Waals surface area contributed by atoms with Crippen LogP contribution in [0.3, 0.4) is 0 Å². The molecule has 1 atom stereocenters. The first-order valence-electron chi connectivity index (χ1n) is 4.53. The number of hydrogen-bond acceptors (Lipinski definition) is 3. The molecule has 1 saturated heterocycles. The molecule has 3 N–H and O–H groups in total. The highest BCUT2D eigenvalue weighted by Crippen LogP contribution is 2.35. The first-order chi connectivity index (χ1) is 6.29. The van der Waals surface area contributed by atoms with Gasteiger partial charge in [-0.2, -0.15) is 0 Å². The zero-order chi connectivity index (χ0) is 9.26. The van der Waals surface area contributed by atoms with E-state index in [1.54, 1.807) is 6.07 Å². The molecular formula is C10H13NO2. The summed E-state index contributed by atoms with van der Waals surface area (Å²) in [4.78, 5) is 0. The van der Waals surface area contributed by atoms with Crippen molar-refractivity contribution in [1.82, 2.24) is 5.32 Å². The molecule has 70 valence electrons. The van der Waals surface area contributed by atoms with Crippen LogP contribution in [0.1, 0.15) is 24.4 Å². The van der Waals surface area contributed by atoms with E-state index in [-0.39, 0.29) is 17.5 Å². The minimum atomic E-state index is -0.0359. The Morgan fingerprint density at radius 2 is 2.15 bits per heavy atom. The molecule has 1 aliphatic rings. The maximum Gasteiger partial charge on any atom is 0.162 e. The molecule has 1 aromatic rings. The van der Waals surface area contributed by atoms with Crippen molar-refractivity contribution >= 4 is 0 Å². The van der Waals surface area contributed by atoms with Crippen molar-refractivity contribution in [3.63, 3.8) is 0 Å². The summed E-state index contributed by atoms with van der Waals surface area (Å²) in [5.74, 6) is -0.0203. The minimum absolute atomic E-state index is 0.0156. The van der Waals surface area contributed by atoms with E-state index in [1.165, 1.54) is 6.07 Å². The van der Waals surface area contributed by atoms with Crippen LogP contribution in [0.2, 0.25) is 0 Å². The average Bonchev–Trinajstić information content (AvgIpc) is 2.62. The summed E-state index contributed by atoms with van der Waals surface area (Å²) >= 11 is 0. The molecule has 0 radical (unpaired) electrons. The van der Waals surface area contributed by atoms with Crippen LogP contribution < -0.4 is 5.32 Å². The number of rotatable bonds is 1. The Labute approximate surface area is 77.0 Å². The summed E-state index contributed by atoms with van der Waals surface area (Å²) in [6.07, 6.45) is 2.15. The third-order valence-corrected chi connectivity index (χ3v) is 2.48. The number of phenols is 2. The Morgan fingerprint density at radius 1 is 1.31 bits per heavy atom. The van der Waals surface area contributed by atoms with Gasteiger partial charge in [-0.3, -0.25) is 0 Å². The van der Waals surface area contributed by atoms with Gasteiger partial charge >= 0.3 is 0 Å². The van der Waals surface area contributed by atoms with Gasteiger partial charge in [0.15, 0.2) is 11.5 Å². The standard InChI is InChI=1S/C10H13NO2/c12-9-5-1-3-7(10(9)13)8-4-2-6-11-8/h1,3,5,8,11-13H,2,4,6H2/t8-/m0/s1. The van der Waals surface area contributed by atoms with Gasteiger partial charge in [-0.15, -0.1) is 0 Å². The summed E-state index contributed by atoms with van der Waals surface area (Å²) in [6.45, 7) is 0.986. The van der Waals surface area contributed by atoms with E-state index in [0.29, 0.717) is 0 Å². The maximum atomic E-state index is 9.57.